The minimum atomic E-state index is -0.138. The van der Waals surface area contributed by atoms with E-state index in [9.17, 15) is 4.79 Å². The number of aromatic nitrogens is 2. The number of aliphatic imine (C=N–C) groups is 1. The van der Waals surface area contributed by atoms with Gasteiger partial charge in [0.2, 0.25) is 5.91 Å². The van der Waals surface area contributed by atoms with Gasteiger partial charge in [0, 0.05) is 52.9 Å². The minimum absolute atomic E-state index is 0.138. The molecular formula is C21H32N6O2. The number of hydrogen-bond donors (Lipinski definition) is 2. The summed E-state index contributed by atoms with van der Waals surface area (Å²) >= 11 is 0. The molecule has 1 aromatic heterocycles. The Balaban J connectivity index is 2.08. The van der Waals surface area contributed by atoms with E-state index in [1.54, 1.807) is 14.2 Å². The number of aryl methyl sites for hydroxylation is 1. The largest absolute Gasteiger partial charge is 0.495 e. The highest BCUT2D eigenvalue weighted by molar-refractivity contribution is 5.90. The average Bonchev–Trinajstić information content (AvgIpc) is 3.02. The molecule has 29 heavy (non-hydrogen) atoms. The number of carbonyl (C=O) groups is 1. The Labute approximate surface area is 173 Å². The van der Waals surface area contributed by atoms with Crippen molar-refractivity contribution < 1.29 is 9.53 Å². The molecule has 0 unspecified atom stereocenters. The van der Waals surface area contributed by atoms with Crippen LogP contribution in [0.3, 0.4) is 0 Å². The smallest absolute Gasteiger partial charge is 0.221 e. The number of anilines is 1. The molecule has 1 heterocycles. The summed E-state index contributed by atoms with van der Waals surface area (Å²) in [6.07, 6.45) is 2.06. The highest BCUT2D eigenvalue weighted by atomic mass is 16.5. The normalized spacial score (nSPS) is 11.5. The second-order valence-electron chi connectivity index (χ2n) is 7.34. The number of ether oxygens (including phenoxy) is 1. The van der Waals surface area contributed by atoms with Gasteiger partial charge in [-0.1, -0.05) is 19.9 Å². The number of carbonyl (C=O) groups excluding carboxylic acids is 1. The zero-order valence-corrected chi connectivity index (χ0v) is 18.4. The van der Waals surface area contributed by atoms with E-state index in [0.29, 0.717) is 30.4 Å². The molecule has 0 aliphatic rings. The van der Waals surface area contributed by atoms with Gasteiger partial charge in [0.05, 0.1) is 18.5 Å². The molecule has 8 heteroatoms. The van der Waals surface area contributed by atoms with Gasteiger partial charge >= 0.3 is 0 Å². The molecule has 1 aromatic carbocycles. The predicted molar refractivity (Wildman–Crippen MR) is 116 cm³/mol. The molecule has 2 rings (SSSR count). The van der Waals surface area contributed by atoms with Crippen molar-refractivity contribution in [3.63, 3.8) is 0 Å². The molecule has 2 aromatic rings. The highest BCUT2D eigenvalue weighted by Crippen LogP contribution is 2.25. The van der Waals surface area contributed by atoms with Crippen LogP contribution in [0.4, 0.5) is 5.69 Å². The van der Waals surface area contributed by atoms with Gasteiger partial charge in [-0.15, -0.1) is 0 Å². The maximum absolute atomic E-state index is 11.4. The van der Waals surface area contributed by atoms with Gasteiger partial charge in [-0.05, 0) is 23.6 Å². The molecule has 2 N–H and O–H groups in total. The zero-order valence-electron chi connectivity index (χ0n) is 18.4. The fourth-order valence-electron chi connectivity index (χ4n) is 3.21. The van der Waals surface area contributed by atoms with Crippen molar-refractivity contribution in [2.24, 2.45) is 12.0 Å². The molecule has 0 bridgehead atoms. The molecule has 0 fully saturated rings. The Morgan fingerprint density at radius 3 is 2.69 bits per heavy atom. The second kappa shape index (κ2) is 9.95. The summed E-state index contributed by atoms with van der Waals surface area (Å²) < 4.78 is 7.17. The number of hydrogen-bond acceptors (Lipinski definition) is 4. The fraction of sp³-hybridized carbons (Fsp3) is 0.476. The van der Waals surface area contributed by atoms with E-state index in [0.717, 1.165) is 17.2 Å². The number of nitrogens with one attached hydrogen (secondary N) is 2. The van der Waals surface area contributed by atoms with Gasteiger partial charge < -0.3 is 20.3 Å². The van der Waals surface area contributed by atoms with E-state index in [-0.39, 0.29) is 5.91 Å². The summed E-state index contributed by atoms with van der Waals surface area (Å²) in [4.78, 5) is 17.9. The van der Waals surface area contributed by atoms with E-state index in [1.807, 2.05) is 37.0 Å². The molecule has 0 aliphatic heterocycles. The molecule has 0 radical (unpaired) electrons. The molecule has 1 amide bonds. The van der Waals surface area contributed by atoms with Crippen LogP contribution in [-0.4, -0.2) is 47.8 Å². The molecule has 0 spiro atoms. The Bertz CT molecular complexity index is 872. The topological polar surface area (TPSA) is 83.8 Å². The summed E-state index contributed by atoms with van der Waals surface area (Å²) in [6.45, 7) is 7.05. The number of benzene rings is 1. The van der Waals surface area contributed by atoms with Gasteiger partial charge in [-0.25, -0.2) is 0 Å². The van der Waals surface area contributed by atoms with Crippen LogP contribution >= 0.6 is 0 Å². The van der Waals surface area contributed by atoms with Crippen molar-refractivity contribution in [3.05, 3.63) is 41.2 Å². The molecular weight excluding hydrogens is 368 g/mol. The number of amides is 1. The van der Waals surface area contributed by atoms with Crippen molar-refractivity contribution in [3.8, 4) is 5.75 Å². The van der Waals surface area contributed by atoms with Crippen LogP contribution < -0.4 is 15.4 Å². The third-order valence-corrected chi connectivity index (χ3v) is 4.49. The van der Waals surface area contributed by atoms with E-state index in [4.69, 9.17) is 4.74 Å². The highest BCUT2D eigenvalue weighted by Gasteiger charge is 2.15. The molecule has 0 saturated heterocycles. The Kier molecular flexibility index (Phi) is 7.64. The molecule has 0 atom stereocenters. The van der Waals surface area contributed by atoms with E-state index < -0.39 is 0 Å². The maximum Gasteiger partial charge on any atom is 0.221 e. The average molecular weight is 401 g/mol. The molecule has 0 saturated carbocycles. The van der Waals surface area contributed by atoms with Crippen molar-refractivity contribution in [2.45, 2.75) is 39.8 Å². The van der Waals surface area contributed by atoms with Crippen LogP contribution in [0.2, 0.25) is 0 Å². The van der Waals surface area contributed by atoms with E-state index in [1.165, 1.54) is 12.5 Å². The van der Waals surface area contributed by atoms with Gasteiger partial charge in [0.15, 0.2) is 5.96 Å². The molecule has 8 nitrogen and oxygen atoms in total. The van der Waals surface area contributed by atoms with Gasteiger partial charge in [0.25, 0.3) is 0 Å². The Morgan fingerprint density at radius 2 is 2.10 bits per heavy atom. The first-order chi connectivity index (χ1) is 13.7. The van der Waals surface area contributed by atoms with E-state index >= 15 is 0 Å². The molecule has 0 aliphatic carbocycles. The van der Waals surface area contributed by atoms with Crippen LogP contribution in [0.15, 0.2) is 29.4 Å². The lowest BCUT2D eigenvalue weighted by atomic mass is 10.1. The van der Waals surface area contributed by atoms with Crippen LogP contribution in [0.5, 0.6) is 5.75 Å². The van der Waals surface area contributed by atoms with Crippen LogP contribution in [-0.2, 0) is 24.9 Å². The van der Waals surface area contributed by atoms with Gasteiger partial charge in [-0.3, -0.25) is 14.5 Å². The first-order valence-corrected chi connectivity index (χ1v) is 9.63. The number of guanidine groups is 1. The maximum atomic E-state index is 11.4. The molecule has 158 valence electrons. The summed E-state index contributed by atoms with van der Waals surface area (Å²) in [7, 11) is 7.30. The monoisotopic (exact) mass is 400 g/mol. The fourth-order valence-corrected chi connectivity index (χ4v) is 3.21. The Morgan fingerprint density at radius 1 is 1.38 bits per heavy atom. The van der Waals surface area contributed by atoms with Crippen molar-refractivity contribution in [2.75, 3.05) is 26.5 Å². The predicted octanol–water partition coefficient (Wildman–Crippen LogP) is 2.72. The minimum Gasteiger partial charge on any atom is -0.495 e. The Hall–Kier alpha value is -3.03. The van der Waals surface area contributed by atoms with Crippen molar-refractivity contribution in [1.82, 2.24) is 20.0 Å². The van der Waals surface area contributed by atoms with Crippen molar-refractivity contribution in [1.29, 1.82) is 0 Å². The SMILES string of the molecule is CN=C(NCc1ccc(OC)c(NC(C)=O)c1)N(C)Cc1cn(C)nc1C(C)C. The van der Waals surface area contributed by atoms with Gasteiger partial charge in [-0.2, -0.15) is 5.10 Å². The number of rotatable bonds is 7. The zero-order chi connectivity index (χ0) is 21.6. The lowest BCUT2D eigenvalue weighted by Crippen LogP contribution is -2.38. The summed E-state index contributed by atoms with van der Waals surface area (Å²) in [5, 5.41) is 10.7. The number of methoxy groups -OCH3 is 1. The lowest BCUT2D eigenvalue weighted by molar-refractivity contribution is -0.114. The first-order valence-electron chi connectivity index (χ1n) is 9.63. The van der Waals surface area contributed by atoms with Crippen LogP contribution in [0, 0.1) is 0 Å². The first kappa shape index (κ1) is 22.3. The summed E-state index contributed by atoms with van der Waals surface area (Å²) in [6, 6.07) is 5.71. The third-order valence-electron chi connectivity index (χ3n) is 4.49. The standard InChI is InChI=1S/C21H32N6O2/c1-14(2)20-17(13-27(6)25-20)12-26(5)21(22-4)23-11-16-8-9-19(29-7)18(10-16)24-15(3)28/h8-10,13-14H,11-12H2,1-7H3,(H,22,23)(H,24,28). The second-order valence-corrected chi connectivity index (χ2v) is 7.34. The summed E-state index contributed by atoms with van der Waals surface area (Å²) in [5.74, 6) is 1.63. The van der Waals surface area contributed by atoms with Crippen LogP contribution in [0.1, 0.15) is 43.5 Å². The number of nitrogens with zero attached hydrogens (tertiary/aromatic N) is 4. The quantitative estimate of drug-likeness (QED) is 0.551. The van der Waals surface area contributed by atoms with E-state index in [2.05, 4.69) is 45.7 Å². The van der Waals surface area contributed by atoms with Gasteiger partial charge in [0.1, 0.15) is 5.75 Å². The third kappa shape index (κ3) is 5.97. The summed E-state index contributed by atoms with van der Waals surface area (Å²) in [5.41, 5.74) is 3.95. The van der Waals surface area contributed by atoms with Crippen LogP contribution in [0.25, 0.3) is 0 Å². The lowest BCUT2D eigenvalue weighted by Gasteiger charge is -2.22. The van der Waals surface area contributed by atoms with Crippen molar-refractivity contribution >= 4 is 17.6 Å².